The highest BCUT2D eigenvalue weighted by molar-refractivity contribution is 6.29. The molecular weight excluding hydrogens is 222 g/mol. The summed E-state index contributed by atoms with van der Waals surface area (Å²) in [7, 11) is 2.18. The second kappa shape index (κ2) is 5.02. The van der Waals surface area contributed by atoms with Gasteiger partial charge in [-0.05, 0) is 38.9 Å². The number of anilines is 1. The highest BCUT2D eigenvalue weighted by Crippen LogP contribution is 2.20. The Kier molecular flexibility index (Phi) is 3.66. The Bertz CT molecular complexity index is 356. The standard InChI is InChI=1S/C12H18ClN3/c1-9-7-11(4-6-16(9)2)15-10-3-5-14-12(13)8-10/h3,5,8-9,11H,4,6-7H2,1-2H3,(H,14,15). The number of hydrogen-bond acceptors (Lipinski definition) is 3. The monoisotopic (exact) mass is 239 g/mol. The Morgan fingerprint density at radius 2 is 2.38 bits per heavy atom. The fourth-order valence-electron chi connectivity index (χ4n) is 2.15. The molecule has 1 saturated heterocycles. The van der Waals surface area contributed by atoms with Crippen LogP contribution in [0.1, 0.15) is 19.8 Å². The summed E-state index contributed by atoms with van der Waals surface area (Å²) in [4.78, 5) is 6.38. The van der Waals surface area contributed by atoms with Crippen molar-refractivity contribution in [2.24, 2.45) is 0 Å². The molecule has 0 aliphatic carbocycles. The second-order valence-corrected chi connectivity index (χ2v) is 4.95. The average molecular weight is 240 g/mol. The number of pyridine rings is 1. The van der Waals surface area contributed by atoms with Gasteiger partial charge in [-0.1, -0.05) is 11.6 Å². The van der Waals surface area contributed by atoms with Crippen LogP contribution in [0.4, 0.5) is 5.69 Å². The topological polar surface area (TPSA) is 28.2 Å². The number of likely N-dealkylation sites (tertiary alicyclic amines) is 1. The molecule has 0 amide bonds. The molecule has 1 N–H and O–H groups in total. The van der Waals surface area contributed by atoms with Crippen molar-refractivity contribution in [3.8, 4) is 0 Å². The van der Waals surface area contributed by atoms with Gasteiger partial charge in [-0.2, -0.15) is 0 Å². The van der Waals surface area contributed by atoms with Crippen molar-refractivity contribution < 1.29 is 0 Å². The first-order valence-corrected chi connectivity index (χ1v) is 6.11. The zero-order valence-corrected chi connectivity index (χ0v) is 10.5. The number of rotatable bonds is 2. The van der Waals surface area contributed by atoms with E-state index in [1.54, 1.807) is 6.20 Å². The third kappa shape index (κ3) is 2.86. The molecule has 0 bridgehead atoms. The van der Waals surface area contributed by atoms with E-state index in [1.807, 2.05) is 12.1 Å². The van der Waals surface area contributed by atoms with Gasteiger partial charge in [-0.25, -0.2) is 4.98 Å². The minimum Gasteiger partial charge on any atom is -0.382 e. The first-order valence-electron chi connectivity index (χ1n) is 5.73. The van der Waals surface area contributed by atoms with Crippen LogP contribution in [0.15, 0.2) is 18.3 Å². The molecule has 1 aromatic rings. The van der Waals surface area contributed by atoms with Crippen molar-refractivity contribution in [2.75, 3.05) is 18.9 Å². The molecule has 0 radical (unpaired) electrons. The molecule has 1 aromatic heterocycles. The van der Waals surface area contributed by atoms with Gasteiger partial charge in [-0.15, -0.1) is 0 Å². The minimum atomic E-state index is 0.546. The molecular formula is C12H18ClN3. The van der Waals surface area contributed by atoms with Crippen LogP contribution in [0.5, 0.6) is 0 Å². The summed E-state index contributed by atoms with van der Waals surface area (Å²) in [5.41, 5.74) is 1.07. The van der Waals surface area contributed by atoms with Crippen molar-refractivity contribution in [1.82, 2.24) is 9.88 Å². The quantitative estimate of drug-likeness (QED) is 0.805. The Labute approximate surface area is 102 Å². The number of hydrogen-bond donors (Lipinski definition) is 1. The molecule has 4 heteroatoms. The summed E-state index contributed by atoms with van der Waals surface area (Å²) in [6.45, 7) is 3.42. The zero-order chi connectivity index (χ0) is 11.5. The SMILES string of the molecule is CC1CC(Nc2ccnc(Cl)c2)CCN1C. The van der Waals surface area contributed by atoms with E-state index in [9.17, 15) is 0 Å². The average Bonchev–Trinajstić information content (AvgIpc) is 2.24. The van der Waals surface area contributed by atoms with Crippen LogP contribution in [-0.2, 0) is 0 Å². The summed E-state index contributed by atoms with van der Waals surface area (Å²) in [6, 6.07) is 5.03. The number of aromatic nitrogens is 1. The van der Waals surface area contributed by atoms with Crippen LogP contribution >= 0.6 is 11.6 Å². The number of piperidine rings is 1. The van der Waals surface area contributed by atoms with E-state index >= 15 is 0 Å². The maximum atomic E-state index is 5.86. The Morgan fingerprint density at radius 1 is 1.56 bits per heavy atom. The van der Waals surface area contributed by atoms with Crippen LogP contribution in [0, 0.1) is 0 Å². The highest BCUT2D eigenvalue weighted by atomic mass is 35.5. The molecule has 16 heavy (non-hydrogen) atoms. The molecule has 2 rings (SSSR count). The predicted molar refractivity (Wildman–Crippen MR) is 68.0 cm³/mol. The molecule has 88 valence electrons. The third-order valence-corrected chi connectivity index (χ3v) is 3.51. The van der Waals surface area contributed by atoms with Gasteiger partial charge in [-0.3, -0.25) is 0 Å². The molecule has 1 fully saturated rings. The zero-order valence-electron chi connectivity index (χ0n) is 9.78. The van der Waals surface area contributed by atoms with Gasteiger partial charge >= 0.3 is 0 Å². The van der Waals surface area contributed by atoms with Gasteiger partial charge < -0.3 is 10.2 Å². The Hall–Kier alpha value is -0.800. The van der Waals surface area contributed by atoms with Crippen LogP contribution in [0.3, 0.4) is 0 Å². The van der Waals surface area contributed by atoms with Gasteiger partial charge in [0.25, 0.3) is 0 Å². The van der Waals surface area contributed by atoms with Crippen LogP contribution in [0.25, 0.3) is 0 Å². The molecule has 1 aliphatic rings. The van der Waals surface area contributed by atoms with E-state index in [0.717, 1.165) is 12.2 Å². The van der Waals surface area contributed by atoms with Crippen LogP contribution in [0.2, 0.25) is 5.15 Å². The smallest absolute Gasteiger partial charge is 0.131 e. The van der Waals surface area contributed by atoms with Crippen molar-refractivity contribution >= 4 is 17.3 Å². The van der Waals surface area contributed by atoms with Gasteiger partial charge in [0.1, 0.15) is 5.15 Å². The van der Waals surface area contributed by atoms with Gasteiger partial charge in [0, 0.05) is 30.5 Å². The number of halogens is 1. The lowest BCUT2D eigenvalue weighted by Gasteiger charge is -2.35. The van der Waals surface area contributed by atoms with Crippen LogP contribution < -0.4 is 5.32 Å². The van der Waals surface area contributed by atoms with Crippen molar-refractivity contribution in [3.63, 3.8) is 0 Å². The first kappa shape index (κ1) is 11.7. The summed E-state index contributed by atoms with van der Waals surface area (Å²) >= 11 is 5.86. The van der Waals surface area contributed by atoms with Crippen molar-refractivity contribution in [1.29, 1.82) is 0 Å². The first-order chi connectivity index (χ1) is 7.65. The molecule has 0 saturated carbocycles. The Balaban J connectivity index is 1.95. The lowest BCUT2D eigenvalue weighted by Crippen LogP contribution is -2.42. The number of nitrogens with zero attached hydrogens (tertiary/aromatic N) is 2. The normalized spacial score (nSPS) is 26.7. The second-order valence-electron chi connectivity index (χ2n) is 4.56. The maximum absolute atomic E-state index is 5.86. The molecule has 0 aromatic carbocycles. The van der Waals surface area contributed by atoms with E-state index in [-0.39, 0.29) is 0 Å². The van der Waals surface area contributed by atoms with Gasteiger partial charge in [0.15, 0.2) is 0 Å². The van der Waals surface area contributed by atoms with Crippen LogP contribution in [-0.4, -0.2) is 35.6 Å². The summed E-state index contributed by atoms with van der Waals surface area (Å²) < 4.78 is 0. The van der Waals surface area contributed by atoms with E-state index in [2.05, 4.69) is 29.2 Å². The van der Waals surface area contributed by atoms with E-state index in [1.165, 1.54) is 12.8 Å². The predicted octanol–water partition coefficient (Wildman–Crippen LogP) is 2.63. The largest absolute Gasteiger partial charge is 0.382 e. The summed E-state index contributed by atoms with van der Waals surface area (Å²) in [5, 5.41) is 4.07. The van der Waals surface area contributed by atoms with Gasteiger partial charge in [0.2, 0.25) is 0 Å². The molecule has 0 spiro atoms. The molecule has 2 heterocycles. The summed E-state index contributed by atoms with van der Waals surface area (Å²) in [5.74, 6) is 0. The lowest BCUT2D eigenvalue weighted by molar-refractivity contribution is 0.190. The lowest BCUT2D eigenvalue weighted by atomic mass is 9.99. The summed E-state index contributed by atoms with van der Waals surface area (Å²) in [6.07, 6.45) is 4.10. The molecule has 2 unspecified atom stereocenters. The minimum absolute atomic E-state index is 0.546. The van der Waals surface area contributed by atoms with E-state index in [0.29, 0.717) is 17.2 Å². The fraction of sp³-hybridized carbons (Fsp3) is 0.583. The highest BCUT2D eigenvalue weighted by Gasteiger charge is 2.22. The van der Waals surface area contributed by atoms with E-state index in [4.69, 9.17) is 11.6 Å². The fourth-order valence-corrected chi connectivity index (χ4v) is 2.32. The third-order valence-electron chi connectivity index (χ3n) is 3.31. The molecule has 3 nitrogen and oxygen atoms in total. The molecule has 1 aliphatic heterocycles. The Morgan fingerprint density at radius 3 is 3.06 bits per heavy atom. The van der Waals surface area contributed by atoms with Crippen molar-refractivity contribution in [3.05, 3.63) is 23.5 Å². The molecule has 2 atom stereocenters. The van der Waals surface area contributed by atoms with Gasteiger partial charge in [0.05, 0.1) is 0 Å². The van der Waals surface area contributed by atoms with Crippen molar-refractivity contribution in [2.45, 2.75) is 31.8 Å². The van der Waals surface area contributed by atoms with E-state index < -0.39 is 0 Å². The maximum Gasteiger partial charge on any atom is 0.131 e. The number of nitrogens with one attached hydrogen (secondary N) is 1.